The van der Waals surface area contributed by atoms with Crippen LogP contribution in [0.4, 0.5) is 0 Å². The van der Waals surface area contributed by atoms with E-state index >= 15 is 0 Å². The van der Waals surface area contributed by atoms with E-state index < -0.39 is 0 Å². The summed E-state index contributed by atoms with van der Waals surface area (Å²) >= 11 is 0. The molecule has 1 N–H and O–H groups in total. The third kappa shape index (κ3) is 1.62. The van der Waals surface area contributed by atoms with Crippen LogP contribution in [0.15, 0.2) is 11.6 Å². The predicted octanol–water partition coefficient (Wildman–Crippen LogP) is 1.86. The molecule has 1 saturated heterocycles. The highest BCUT2D eigenvalue weighted by Crippen LogP contribution is 2.49. The van der Waals surface area contributed by atoms with Crippen LogP contribution in [0.25, 0.3) is 0 Å². The molecule has 1 spiro atoms. The normalized spacial score (nSPS) is 36.4. The number of aliphatic hydroxyl groups is 1. The lowest BCUT2D eigenvalue weighted by Gasteiger charge is -2.31. The molecule has 0 radical (unpaired) electrons. The predicted molar refractivity (Wildman–Crippen MR) is 59.9 cm³/mol. The number of aliphatic hydroxyl groups excluding tert-OH is 1. The van der Waals surface area contributed by atoms with Crippen molar-refractivity contribution in [3.05, 3.63) is 11.6 Å². The molecule has 3 aliphatic rings. The Balaban J connectivity index is 1.84. The third-order valence-corrected chi connectivity index (χ3v) is 4.40. The Morgan fingerprint density at radius 1 is 1.31 bits per heavy atom. The first-order valence-electron chi connectivity index (χ1n) is 6.42. The second kappa shape index (κ2) is 4.13. The van der Waals surface area contributed by atoms with Gasteiger partial charge in [-0.05, 0) is 31.6 Å². The minimum atomic E-state index is -0.314. The van der Waals surface area contributed by atoms with Crippen molar-refractivity contribution in [3.8, 4) is 0 Å². The highest BCUT2D eigenvalue weighted by molar-refractivity contribution is 5.15. The molecular weight excluding hydrogens is 204 g/mol. The molecule has 1 aliphatic heterocycles. The number of ether oxygens (including phenoxy) is 2. The SMILES string of the molecule is OCCC1=CCC2(OCCO2)[C@H]2CCC1C2. The summed E-state index contributed by atoms with van der Waals surface area (Å²) in [5, 5.41) is 9.09. The Morgan fingerprint density at radius 3 is 2.88 bits per heavy atom. The van der Waals surface area contributed by atoms with Gasteiger partial charge >= 0.3 is 0 Å². The molecule has 1 heterocycles. The molecule has 1 unspecified atom stereocenters. The summed E-state index contributed by atoms with van der Waals surface area (Å²) in [6, 6.07) is 0. The summed E-state index contributed by atoms with van der Waals surface area (Å²) < 4.78 is 11.8. The Bertz CT molecular complexity index is 292. The highest BCUT2D eigenvalue weighted by atomic mass is 16.7. The molecule has 0 aromatic heterocycles. The first kappa shape index (κ1) is 10.8. The van der Waals surface area contributed by atoms with Gasteiger partial charge in [-0.15, -0.1) is 0 Å². The zero-order valence-corrected chi connectivity index (χ0v) is 9.65. The van der Waals surface area contributed by atoms with Gasteiger partial charge in [0.2, 0.25) is 0 Å². The van der Waals surface area contributed by atoms with Crippen molar-refractivity contribution in [2.75, 3.05) is 19.8 Å². The van der Waals surface area contributed by atoms with Crippen molar-refractivity contribution in [3.63, 3.8) is 0 Å². The van der Waals surface area contributed by atoms with Crippen LogP contribution >= 0.6 is 0 Å². The Hall–Kier alpha value is -0.380. The molecule has 1 saturated carbocycles. The van der Waals surface area contributed by atoms with Gasteiger partial charge in [0.25, 0.3) is 0 Å². The van der Waals surface area contributed by atoms with Crippen LogP contribution in [0.2, 0.25) is 0 Å². The van der Waals surface area contributed by atoms with Crippen LogP contribution in [0.3, 0.4) is 0 Å². The number of hydrogen-bond acceptors (Lipinski definition) is 3. The summed E-state index contributed by atoms with van der Waals surface area (Å²) in [6.07, 6.45) is 7.62. The maximum atomic E-state index is 9.09. The summed E-state index contributed by atoms with van der Waals surface area (Å²) in [6.45, 7) is 1.75. The molecule has 90 valence electrons. The van der Waals surface area contributed by atoms with Gasteiger partial charge in [0.05, 0.1) is 13.2 Å². The van der Waals surface area contributed by atoms with Gasteiger partial charge in [-0.3, -0.25) is 0 Å². The molecule has 0 amide bonds. The quantitative estimate of drug-likeness (QED) is 0.728. The van der Waals surface area contributed by atoms with Crippen LogP contribution in [-0.4, -0.2) is 30.7 Å². The van der Waals surface area contributed by atoms with Crippen molar-refractivity contribution in [1.29, 1.82) is 0 Å². The second-order valence-corrected chi connectivity index (χ2v) is 5.17. The van der Waals surface area contributed by atoms with Crippen LogP contribution in [0.1, 0.15) is 32.1 Å². The minimum Gasteiger partial charge on any atom is -0.396 e. The van der Waals surface area contributed by atoms with E-state index in [9.17, 15) is 0 Å². The summed E-state index contributed by atoms with van der Waals surface area (Å²) in [7, 11) is 0. The van der Waals surface area contributed by atoms with Crippen molar-refractivity contribution >= 4 is 0 Å². The van der Waals surface area contributed by atoms with E-state index in [1.807, 2.05) is 0 Å². The van der Waals surface area contributed by atoms with E-state index in [4.69, 9.17) is 14.6 Å². The van der Waals surface area contributed by atoms with Gasteiger partial charge in [-0.2, -0.15) is 0 Å². The van der Waals surface area contributed by atoms with Gasteiger partial charge < -0.3 is 14.6 Å². The zero-order valence-electron chi connectivity index (χ0n) is 9.65. The fourth-order valence-electron chi connectivity index (χ4n) is 3.58. The molecule has 2 atom stereocenters. The molecule has 2 bridgehead atoms. The lowest BCUT2D eigenvalue weighted by Crippen LogP contribution is -2.37. The lowest BCUT2D eigenvalue weighted by atomic mass is 9.94. The molecule has 2 aliphatic carbocycles. The largest absolute Gasteiger partial charge is 0.396 e. The fraction of sp³-hybridized carbons (Fsp3) is 0.846. The van der Waals surface area contributed by atoms with Crippen LogP contribution in [0.5, 0.6) is 0 Å². The topological polar surface area (TPSA) is 38.7 Å². The first-order chi connectivity index (χ1) is 7.84. The third-order valence-electron chi connectivity index (χ3n) is 4.40. The van der Waals surface area contributed by atoms with Crippen molar-refractivity contribution < 1.29 is 14.6 Å². The Morgan fingerprint density at radius 2 is 2.12 bits per heavy atom. The standard InChI is InChI=1S/C13H20O3/c14-6-4-10-3-5-13(15-7-8-16-13)12-2-1-11(10)9-12/h3,11-12,14H,1-2,4-9H2/t11?,12-/m0/s1. The average molecular weight is 224 g/mol. The van der Waals surface area contributed by atoms with Crippen LogP contribution in [-0.2, 0) is 9.47 Å². The van der Waals surface area contributed by atoms with E-state index in [1.54, 1.807) is 0 Å². The first-order valence-corrected chi connectivity index (χ1v) is 6.42. The molecule has 16 heavy (non-hydrogen) atoms. The van der Waals surface area contributed by atoms with Crippen molar-refractivity contribution in [1.82, 2.24) is 0 Å². The van der Waals surface area contributed by atoms with E-state index in [0.29, 0.717) is 11.8 Å². The molecule has 3 nitrogen and oxygen atoms in total. The Labute approximate surface area is 96.4 Å². The zero-order chi connectivity index (χ0) is 11.0. The minimum absolute atomic E-state index is 0.266. The molecule has 3 heteroatoms. The van der Waals surface area contributed by atoms with Gasteiger partial charge in [-0.25, -0.2) is 0 Å². The van der Waals surface area contributed by atoms with Gasteiger partial charge in [0, 0.05) is 18.9 Å². The Kier molecular flexibility index (Phi) is 2.78. The summed E-state index contributed by atoms with van der Waals surface area (Å²) in [5.74, 6) is 0.920. The van der Waals surface area contributed by atoms with E-state index in [0.717, 1.165) is 26.1 Å². The average Bonchev–Trinajstić information content (AvgIpc) is 2.89. The maximum Gasteiger partial charge on any atom is 0.174 e. The fourth-order valence-corrected chi connectivity index (χ4v) is 3.58. The molecule has 0 aromatic carbocycles. The van der Waals surface area contributed by atoms with E-state index in [1.165, 1.54) is 24.8 Å². The molecular formula is C13H20O3. The lowest BCUT2D eigenvalue weighted by molar-refractivity contribution is -0.191. The maximum absolute atomic E-state index is 9.09. The summed E-state index contributed by atoms with van der Waals surface area (Å²) in [4.78, 5) is 0. The molecule has 3 rings (SSSR count). The smallest absolute Gasteiger partial charge is 0.174 e. The van der Waals surface area contributed by atoms with E-state index in [-0.39, 0.29) is 12.4 Å². The monoisotopic (exact) mass is 224 g/mol. The molecule has 2 fully saturated rings. The summed E-state index contributed by atoms with van der Waals surface area (Å²) in [5.41, 5.74) is 1.43. The van der Waals surface area contributed by atoms with Gasteiger partial charge in [0.1, 0.15) is 0 Å². The van der Waals surface area contributed by atoms with Crippen LogP contribution in [0, 0.1) is 11.8 Å². The number of rotatable bonds is 2. The highest BCUT2D eigenvalue weighted by Gasteiger charge is 2.48. The van der Waals surface area contributed by atoms with Gasteiger partial charge in [-0.1, -0.05) is 11.6 Å². The molecule has 0 aromatic rings. The van der Waals surface area contributed by atoms with Gasteiger partial charge in [0.15, 0.2) is 5.79 Å². The second-order valence-electron chi connectivity index (χ2n) is 5.17. The van der Waals surface area contributed by atoms with Crippen molar-refractivity contribution in [2.24, 2.45) is 11.8 Å². The van der Waals surface area contributed by atoms with Crippen LogP contribution < -0.4 is 0 Å². The van der Waals surface area contributed by atoms with Crippen molar-refractivity contribution in [2.45, 2.75) is 37.9 Å². The number of fused-ring (bicyclic) bond motifs is 3. The van der Waals surface area contributed by atoms with E-state index in [2.05, 4.69) is 6.08 Å². The number of hydrogen-bond donors (Lipinski definition) is 1.